The number of nitrogens with one attached hydrogen (secondary N) is 1. The monoisotopic (exact) mass is 367 g/mol. The summed E-state index contributed by atoms with van der Waals surface area (Å²) < 4.78 is 28.0. The van der Waals surface area contributed by atoms with E-state index in [0.717, 1.165) is 38.3 Å². The van der Waals surface area contributed by atoms with E-state index in [2.05, 4.69) is 49.1 Å². The maximum atomic E-state index is 12.6. The van der Waals surface area contributed by atoms with Crippen LogP contribution in [-0.2, 0) is 10.0 Å². The minimum absolute atomic E-state index is 0.204. The van der Waals surface area contributed by atoms with Gasteiger partial charge in [0.15, 0.2) is 0 Å². The van der Waals surface area contributed by atoms with Crippen molar-refractivity contribution in [2.75, 3.05) is 39.3 Å². The van der Waals surface area contributed by atoms with Crippen LogP contribution < -0.4 is 4.72 Å². The van der Waals surface area contributed by atoms with Crippen molar-refractivity contribution in [1.82, 2.24) is 14.5 Å². The second-order valence-electron chi connectivity index (χ2n) is 7.78. The van der Waals surface area contributed by atoms with E-state index in [-0.39, 0.29) is 5.54 Å². The van der Waals surface area contributed by atoms with E-state index in [0.29, 0.717) is 17.4 Å². The predicted octanol–water partition coefficient (Wildman–Crippen LogP) is 2.50. The number of hydrogen-bond acceptors (Lipinski definition) is 4. The fourth-order valence-corrected chi connectivity index (χ4v) is 4.37. The highest BCUT2D eigenvalue weighted by Crippen LogP contribution is 2.19. The van der Waals surface area contributed by atoms with Crippen molar-refractivity contribution in [2.24, 2.45) is 0 Å². The minimum Gasteiger partial charge on any atom is -0.301 e. The molecule has 1 saturated heterocycles. The van der Waals surface area contributed by atoms with Crippen LogP contribution in [0.5, 0.6) is 0 Å². The van der Waals surface area contributed by atoms with Gasteiger partial charge in [0.05, 0.1) is 4.90 Å². The molecule has 0 atom stereocenters. The molecular formula is C19H33N3O2S. The molecule has 25 heavy (non-hydrogen) atoms. The zero-order valence-electron chi connectivity index (χ0n) is 16.2. The molecule has 0 saturated carbocycles. The Hall–Kier alpha value is -0.950. The van der Waals surface area contributed by atoms with E-state index in [1.807, 2.05) is 12.1 Å². The third kappa shape index (κ3) is 5.26. The van der Waals surface area contributed by atoms with Crippen LogP contribution in [0, 0.1) is 0 Å². The quantitative estimate of drug-likeness (QED) is 0.804. The molecule has 0 unspecified atom stereocenters. The summed E-state index contributed by atoms with van der Waals surface area (Å²) in [7, 11) is -3.48. The summed E-state index contributed by atoms with van der Waals surface area (Å²) in [5, 5.41) is 0. The zero-order chi connectivity index (χ0) is 18.7. The van der Waals surface area contributed by atoms with Gasteiger partial charge in [-0.25, -0.2) is 13.1 Å². The first-order valence-corrected chi connectivity index (χ1v) is 10.7. The highest BCUT2D eigenvalue weighted by atomic mass is 32.2. The highest BCUT2D eigenvalue weighted by molar-refractivity contribution is 7.89. The maximum Gasteiger partial charge on any atom is 0.240 e. The van der Waals surface area contributed by atoms with Crippen molar-refractivity contribution in [2.45, 2.75) is 51.0 Å². The van der Waals surface area contributed by atoms with Crippen molar-refractivity contribution in [1.29, 1.82) is 0 Å². The van der Waals surface area contributed by atoms with Crippen molar-refractivity contribution in [3.63, 3.8) is 0 Å². The first kappa shape index (κ1) is 20.4. The molecule has 0 aliphatic carbocycles. The Balaban J connectivity index is 1.98. The molecule has 1 N–H and O–H groups in total. The average molecular weight is 368 g/mol. The van der Waals surface area contributed by atoms with Crippen LogP contribution in [0.1, 0.15) is 46.1 Å². The Morgan fingerprint density at radius 2 is 1.64 bits per heavy atom. The maximum absolute atomic E-state index is 12.6. The van der Waals surface area contributed by atoms with E-state index in [4.69, 9.17) is 0 Å². The zero-order valence-corrected chi connectivity index (χ0v) is 17.1. The van der Waals surface area contributed by atoms with Crippen LogP contribution in [0.15, 0.2) is 29.2 Å². The van der Waals surface area contributed by atoms with Crippen LogP contribution in [-0.4, -0.2) is 63.0 Å². The molecule has 142 valence electrons. The second kappa shape index (κ2) is 8.16. The Morgan fingerprint density at radius 1 is 1.08 bits per heavy atom. The Kier molecular flexibility index (Phi) is 6.65. The number of piperazine rings is 1. The van der Waals surface area contributed by atoms with Gasteiger partial charge < -0.3 is 4.90 Å². The Bertz CT molecular complexity index is 646. The van der Waals surface area contributed by atoms with Gasteiger partial charge in [0, 0.05) is 38.3 Å². The highest BCUT2D eigenvalue weighted by Gasteiger charge is 2.31. The van der Waals surface area contributed by atoms with Gasteiger partial charge in [0.2, 0.25) is 10.0 Å². The second-order valence-corrected chi connectivity index (χ2v) is 9.55. The first-order valence-electron chi connectivity index (χ1n) is 9.23. The van der Waals surface area contributed by atoms with Gasteiger partial charge in [-0.1, -0.05) is 32.9 Å². The third-order valence-electron chi connectivity index (χ3n) is 5.23. The molecule has 1 aliphatic rings. The molecule has 0 spiro atoms. The minimum atomic E-state index is -3.48. The molecule has 1 aromatic carbocycles. The van der Waals surface area contributed by atoms with Crippen molar-refractivity contribution < 1.29 is 8.42 Å². The molecule has 6 heteroatoms. The molecule has 1 aromatic rings. The summed E-state index contributed by atoms with van der Waals surface area (Å²) >= 11 is 0. The summed E-state index contributed by atoms with van der Waals surface area (Å²) in [5.41, 5.74) is 0.943. The van der Waals surface area contributed by atoms with E-state index in [9.17, 15) is 8.42 Å². The van der Waals surface area contributed by atoms with Crippen LogP contribution >= 0.6 is 0 Å². The number of sulfonamides is 1. The van der Waals surface area contributed by atoms with Crippen LogP contribution in [0.4, 0.5) is 0 Å². The fraction of sp³-hybridized carbons (Fsp3) is 0.684. The lowest BCUT2D eigenvalue weighted by molar-refractivity contribution is 0.0571. The van der Waals surface area contributed by atoms with Crippen LogP contribution in [0.25, 0.3) is 0 Å². The first-order chi connectivity index (χ1) is 11.7. The summed E-state index contributed by atoms with van der Waals surface area (Å²) in [6, 6.07) is 7.19. The molecule has 1 fully saturated rings. The largest absolute Gasteiger partial charge is 0.301 e. The van der Waals surface area contributed by atoms with Gasteiger partial charge in [0.1, 0.15) is 0 Å². The van der Waals surface area contributed by atoms with E-state index >= 15 is 0 Å². The van der Waals surface area contributed by atoms with Gasteiger partial charge in [0.25, 0.3) is 0 Å². The summed E-state index contributed by atoms with van der Waals surface area (Å²) in [6.07, 6.45) is 0. The molecule has 0 amide bonds. The molecule has 0 bridgehead atoms. The fourth-order valence-electron chi connectivity index (χ4n) is 3.17. The number of nitrogens with zero attached hydrogens (tertiary/aromatic N) is 2. The number of benzene rings is 1. The van der Waals surface area contributed by atoms with Gasteiger partial charge in [-0.3, -0.25) is 4.90 Å². The summed E-state index contributed by atoms with van der Waals surface area (Å²) in [5.74, 6) is 0.394. The lowest BCUT2D eigenvalue weighted by atomic mass is 10.0. The topological polar surface area (TPSA) is 52.6 Å². The molecule has 1 aliphatic heterocycles. The molecule has 0 aromatic heterocycles. The lowest BCUT2D eigenvalue weighted by Gasteiger charge is -2.44. The number of likely N-dealkylation sites (N-methyl/N-ethyl adjacent to an activating group) is 1. The standard InChI is InChI=1S/C19H33N3O2S/c1-6-21-11-13-22(14-12-21)19(4,5)15-20-25(23,24)18-9-7-17(8-10-18)16(2)3/h7-10,16,20H,6,11-15H2,1-5H3. The SMILES string of the molecule is CCN1CCN(C(C)(C)CNS(=O)(=O)c2ccc(C(C)C)cc2)CC1. The summed E-state index contributed by atoms with van der Waals surface area (Å²) in [6.45, 7) is 16.1. The van der Waals surface area contributed by atoms with Gasteiger partial charge in [-0.2, -0.15) is 0 Å². The molecule has 2 rings (SSSR count). The third-order valence-corrected chi connectivity index (χ3v) is 6.64. The van der Waals surface area contributed by atoms with Crippen LogP contribution in [0.2, 0.25) is 0 Å². The van der Waals surface area contributed by atoms with Gasteiger partial charge in [-0.15, -0.1) is 0 Å². The van der Waals surface area contributed by atoms with Crippen LogP contribution in [0.3, 0.4) is 0 Å². The lowest BCUT2D eigenvalue weighted by Crippen LogP contribution is -2.58. The predicted molar refractivity (Wildman–Crippen MR) is 103 cm³/mol. The van der Waals surface area contributed by atoms with E-state index in [1.165, 1.54) is 0 Å². The van der Waals surface area contributed by atoms with Crippen molar-refractivity contribution in [3.8, 4) is 0 Å². The normalized spacial score (nSPS) is 18.0. The van der Waals surface area contributed by atoms with Gasteiger partial charge in [-0.05, 0) is 44.0 Å². The molecule has 5 nitrogen and oxygen atoms in total. The Labute approximate surface area is 153 Å². The van der Waals surface area contributed by atoms with Gasteiger partial charge >= 0.3 is 0 Å². The molecule has 1 heterocycles. The average Bonchev–Trinajstić information content (AvgIpc) is 2.60. The van der Waals surface area contributed by atoms with Crippen molar-refractivity contribution >= 4 is 10.0 Å². The smallest absolute Gasteiger partial charge is 0.240 e. The van der Waals surface area contributed by atoms with E-state index in [1.54, 1.807) is 12.1 Å². The molecule has 0 radical (unpaired) electrons. The number of hydrogen-bond donors (Lipinski definition) is 1. The van der Waals surface area contributed by atoms with Crippen molar-refractivity contribution in [3.05, 3.63) is 29.8 Å². The van der Waals surface area contributed by atoms with E-state index < -0.39 is 10.0 Å². The number of rotatable bonds is 7. The Morgan fingerprint density at radius 3 is 2.12 bits per heavy atom. The molecular weight excluding hydrogens is 334 g/mol. The summed E-state index contributed by atoms with van der Waals surface area (Å²) in [4.78, 5) is 5.14.